The zero-order valence-electron chi connectivity index (χ0n) is 13.8. The van der Waals surface area contributed by atoms with E-state index in [-0.39, 0.29) is 18.1 Å². The Morgan fingerprint density at radius 2 is 2.22 bits per heavy atom. The molecule has 3 N–H and O–H groups in total. The van der Waals surface area contributed by atoms with Crippen LogP contribution in [0.5, 0.6) is 0 Å². The summed E-state index contributed by atoms with van der Waals surface area (Å²) >= 11 is 0. The summed E-state index contributed by atoms with van der Waals surface area (Å²) in [5.74, 6) is 0.0797. The van der Waals surface area contributed by atoms with Gasteiger partial charge in [0.15, 0.2) is 0 Å². The van der Waals surface area contributed by atoms with Crippen molar-refractivity contribution in [2.75, 3.05) is 19.6 Å². The number of rotatable bonds is 5. The first-order chi connectivity index (χ1) is 11.1. The lowest BCUT2D eigenvalue weighted by Gasteiger charge is -2.27. The Balaban J connectivity index is 1.56. The third-order valence-corrected chi connectivity index (χ3v) is 5.10. The molecule has 2 aliphatic heterocycles. The van der Waals surface area contributed by atoms with E-state index in [1.165, 1.54) is 5.56 Å². The lowest BCUT2D eigenvalue weighted by atomic mass is 9.99. The second kappa shape index (κ2) is 6.99. The molecule has 0 aromatic heterocycles. The Labute approximate surface area is 138 Å². The number of aliphatic hydroxyl groups is 1. The Bertz CT molecular complexity index is 528. The van der Waals surface area contributed by atoms with Crippen LogP contribution in [0.1, 0.15) is 31.7 Å². The first-order valence-corrected chi connectivity index (χ1v) is 8.56. The Morgan fingerprint density at radius 3 is 2.91 bits per heavy atom. The summed E-state index contributed by atoms with van der Waals surface area (Å²) in [6, 6.07) is 10.5. The van der Waals surface area contributed by atoms with E-state index in [4.69, 9.17) is 0 Å². The molecule has 3 rings (SSSR count). The van der Waals surface area contributed by atoms with Crippen LogP contribution in [-0.2, 0) is 11.3 Å². The molecule has 126 valence electrons. The summed E-state index contributed by atoms with van der Waals surface area (Å²) in [5.41, 5.74) is 0.809. The molecule has 0 aliphatic carbocycles. The normalized spacial score (nSPS) is 31.4. The SMILES string of the molecule is CC1(C(=O)NCC2CC(O)CN2Cc2ccccc2)CCCN1. The van der Waals surface area contributed by atoms with Crippen LogP contribution in [0.25, 0.3) is 0 Å². The number of nitrogens with zero attached hydrogens (tertiary/aromatic N) is 1. The first-order valence-electron chi connectivity index (χ1n) is 8.56. The van der Waals surface area contributed by atoms with Crippen molar-refractivity contribution < 1.29 is 9.90 Å². The van der Waals surface area contributed by atoms with E-state index in [0.29, 0.717) is 13.1 Å². The van der Waals surface area contributed by atoms with Gasteiger partial charge >= 0.3 is 0 Å². The topological polar surface area (TPSA) is 64.6 Å². The molecule has 1 aromatic carbocycles. The molecule has 23 heavy (non-hydrogen) atoms. The van der Waals surface area contributed by atoms with Gasteiger partial charge in [0.2, 0.25) is 5.91 Å². The number of aliphatic hydroxyl groups excluding tert-OH is 1. The summed E-state index contributed by atoms with van der Waals surface area (Å²) in [6.45, 7) is 4.96. The summed E-state index contributed by atoms with van der Waals surface area (Å²) in [7, 11) is 0. The highest BCUT2D eigenvalue weighted by molar-refractivity contribution is 5.86. The maximum absolute atomic E-state index is 12.4. The van der Waals surface area contributed by atoms with Gasteiger partial charge in [0.1, 0.15) is 0 Å². The first kappa shape index (κ1) is 16.4. The Hall–Kier alpha value is -1.43. The predicted octanol–water partition coefficient (Wildman–Crippen LogP) is 0.880. The largest absolute Gasteiger partial charge is 0.392 e. The van der Waals surface area contributed by atoms with Gasteiger partial charge in [-0.1, -0.05) is 30.3 Å². The van der Waals surface area contributed by atoms with Crippen LogP contribution in [0.2, 0.25) is 0 Å². The fraction of sp³-hybridized carbons (Fsp3) is 0.611. The number of likely N-dealkylation sites (tertiary alicyclic amines) is 1. The third kappa shape index (κ3) is 3.91. The zero-order chi connectivity index (χ0) is 16.3. The van der Waals surface area contributed by atoms with E-state index >= 15 is 0 Å². The molecular weight excluding hydrogens is 290 g/mol. The van der Waals surface area contributed by atoms with E-state index in [1.54, 1.807) is 0 Å². The van der Waals surface area contributed by atoms with E-state index in [2.05, 4.69) is 27.7 Å². The molecule has 0 spiro atoms. The number of benzene rings is 1. The summed E-state index contributed by atoms with van der Waals surface area (Å²) < 4.78 is 0. The number of hydrogen-bond acceptors (Lipinski definition) is 4. The van der Waals surface area contributed by atoms with Gasteiger partial charge < -0.3 is 15.7 Å². The molecule has 3 unspecified atom stereocenters. The quantitative estimate of drug-likeness (QED) is 0.754. The monoisotopic (exact) mass is 317 g/mol. The number of hydrogen-bond donors (Lipinski definition) is 3. The maximum atomic E-state index is 12.4. The highest BCUT2D eigenvalue weighted by atomic mass is 16.3. The zero-order valence-corrected chi connectivity index (χ0v) is 13.8. The molecule has 2 heterocycles. The number of β-amino-alcohol motifs (C(OH)–C–C–N with tert-alkyl or cyclic N) is 1. The predicted molar refractivity (Wildman–Crippen MR) is 89.9 cm³/mol. The van der Waals surface area contributed by atoms with Gasteiger partial charge in [0, 0.05) is 25.7 Å². The van der Waals surface area contributed by atoms with Crippen molar-refractivity contribution in [2.24, 2.45) is 0 Å². The molecule has 5 nitrogen and oxygen atoms in total. The van der Waals surface area contributed by atoms with Crippen LogP contribution in [0, 0.1) is 0 Å². The van der Waals surface area contributed by atoms with Crippen molar-refractivity contribution in [1.29, 1.82) is 0 Å². The molecular formula is C18H27N3O2. The molecule has 0 saturated carbocycles. The smallest absolute Gasteiger partial charge is 0.240 e. The van der Waals surface area contributed by atoms with Crippen LogP contribution < -0.4 is 10.6 Å². The molecule has 2 aliphatic rings. The average Bonchev–Trinajstić information content (AvgIpc) is 3.13. The van der Waals surface area contributed by atoms with Crippen molar-refractivity contribution in [3.05, 3.63) is 35.9 Å². The van der Waals surface area contributed by atoms with Crippen molar-refractivity contribution in [3.8, 4) is 0 Å². The van der Waals surface area contributed by atoms with Crippen molar-refractivity contribution in [3.63, 3.8) is 0 Å². The molecule has 0 radical (unpaired) electrons. The maximum Gasteiger partial charge on any atom is 0.240 e. The molecule has 2 saturated heterocycles. The highest BCUT2D eigenvalue weighted by Gasteiger charge is 2.37. The average molecular weight is 317 g/mol. The number of carbonyl (C=O) groups excluding carboxylic acids is 1. The molecule has 3 atom stereocenters. The van der Waals surface area contributed by atoms with E-state index in [0.717, 1.165) is 32.4 Å². The summed E-state index contributed by atoms with van der Waals surface area (Å²) in [4.78, 5) is 14.7. The van der Waals surface area contributed by atoms with E-state index in [9.17, 15) is 9.90 Å². The van der Waals surface area contributed by atoms with Crippen LogP contribution in [0.15, 0.2) is 30.3 Å². The van der Waals surface area contributed by atoms with Crippen LogP contribution in [-0.4, -0.2) is 53.2 Å². The third-order valence-electron chi connectivity index (χ3n) is 5.10. The summed E-state index contributed by atoms with van der Waals surface area (Å²) in [6.07, 6.45) is 2.35. The lowest BCUT2D eigenvalue weighted by molar-refractivity contribution is -0.126. The second-order valence-electron chi connectivity index (χ2n) is 7.03. The minimum atomic E-state index is -0.429. The highest BCUT2D eigenvalue weighted by Crippen LogP contribution is 2.22. The number of amides is 1. The van der Waals surface area contributed by atoms with Gasteiger partial charge in [0.05, 0.1) is 11.6 Å². The number of nitrogens with one attached hydrogen (secondary N) is 2. The van der Waals surface area contributed by atoms with Gasteiger partial charge in [-0.3, -0.25) is 9.69 Å². The van der Waals surface area contributed by atoms with Gasteiger partial charge in [-0.25, -0.2) is 0 Å². The Kier molecular flexibility index (Phi) is 4.99. The van der Waals surface area contributed by atoms with Crippen LogP contribution in [0.4, 0.5) is 0 Å². The van der Waals surface area contributed by atoms with E-state index in [1.807, 2.05) is 25.1 Å². The Morgan fingerprint density at radius 1 is 1.43 bits per heavy atom. The molecule has 2 fully saturated rings. The minimum absolute atomic E-state index is 0.0797. The van der Waals surface area contributed by atoms with Crippen molar-refractivity contribution in [2.45, 2.75) is 50.4 Å². The van der Waals surface area contributed by atoms with Crippen molar-refractivity contribution in [1.82, 2.24) is 15.5 Å². The standard InChI is InChI=1S/C18H27N3O2/c1-18(8-5-9-20-18)17(23)19-11-15-10-16(22)13-21(15)12-14-6-3-2-4-7-14/h2-4,6-7,15-16,20,22H,5,8-13H2,1H3,(H,19,23). The van der Waals surface area contributed by atoms with Gasteiger partial charge in [-0.2, -0.15) is 0 Å². The van der Waals surface area contributed by atoms with E-state index < -0.39 is 5.54 Å². The molecule has 5 heteroatoms. The molecule has 1 amide bonds. The number of carbonyl (C=O) groups is 1. The van der Waals surface area contributed by atoms with Crippen LogP contribution in [0.3, 0.4) is 0 Å². The van der Waals surface area contributed by atoms with Crippen LogP contribution >= 0.6 is 0 Å². The van der Waals surface area contributed by atoms with Gasteiger partial charge in [0.25, 0.3) is 0 Å². The lowest BCUT2D eigenvalue weighted by Crippen LogP contribution is -2.53. The van der Waals surface area contributed by atoms with Gasteiger partial charge in [-0.05, 0) is 38.3 Å². The molecule has 1 aromatic rings. The van der Waals surface area contributed by atoms with Gasteiger partial charge in [-0.15, -0.1) is 0 Å². The molecule has 0 bridgehead atoms. The fourth-order valence-corrected chi connectivity index (χ4v) is 3.68. The minimum Gasteiger partial charge on any atom is -0.392 e. The fourth-order valence-electron chi connectivity index (χ4n) is 3.68. The summed E-state index contributed by atoms with van der Waals surface area (Å²) in [5, 5.41) is 16.4. The van der Waals surface area contributed by atoms with Crippen molar-refractivity contribution >= 4 is 5.91 Å². The second-order valence-corrected chi connectivity index (χ2v) is 7.03.